The highest BCUT2D eigenvalue weighted by Gasteiger charge is 2.41. The van der Waals surface area contributed by atoms with E-state index in [2.05, 4.69) is 0 Å². The Morgan fingerprint density at radius 1 is 0.926 bits per heavy atom. The summed E-state index contributed by atoms with van der Waals surface area (Å²) < 4.78 is 0. The molecule has 3 nitrogen and oxygen atoms in total. The van der Waals surface area contributed by atoms with Crippen molar-refractivity contribution in [2.24, 2.45) is 0 Å². The van der Waals surface area contributed by atoms with Crippen LogP contribution in [0.2, 0.25) is 0 Å². The molecule has 0 aliphatic rings. The van der Waals surface area contributed by atoms with E-state index in [-0.39, 0.29) is 6.42 Å². The lowest BCUT2D eigenvalue weighted by Crippen LogP contribution is -2.42. The average Bonchev–Trinajstić information content (AvgIpc) is 2.73. The average molecular weight is 378 g/mol. The van der Waals surface area contributed by atoms with E-state index in [9.17, 15) is 15.0 Å². The predicted molar refractivity (Wildman–Crippen MR) is 110 cm³/mol. The number of benzene rings is 3. The van der Waals surface area contributed by atoms with E-state index in [1.165, 1.54) is 0 Å². The molecule has 3 aromatic carbocycles. The quantitative estimate of drug-likeness (QED) is 0.589. The first kappa shape index (κ1) is 19.2. The number of hydrogen-bond acceptors (Lipinski definition) is 3. The zero-order valence-corrected chi connectivity index (χ0v) is 15.9. The summed E-state index contributed by atoms with van der Waals surface area (Å²) in [6.07, 6.45) is 2.22. The molecule has 0 saturated heterocycles. The lowest BCUT2D eigenvalue weighted by atomic mass is 9.73. The third-order valence-electron chi connectivity index (χ3n) is 4.87. The number of thioether (sulfide) groups is 1. The van der Waals surface area contributed by atoms with Crippen LogP contribution >= 0.6 is 11.8 Å². The van der Waals surface area contributed by atoms with Crippen LogP contribution in [0.15, 0.2) is 83.8 Å². The van der Waals surface area contributed by atoms with Crippen LogP contribution in [0.5, 0.6) is 0 Å². The van der Waals surface area contributed by atoms with E-state index in [0.717, 1.165) is 21.6 Å². The van der Waals surface area contributed by atoms with E-state index in [1.807, 2.05) is 85.1 Å². The highest BCUT2D eigenvalue weighted by molar-refractivity contribution is 7.98. The van der Waals surface area contributed by atoms with Gasteiger partial charge in [0.15, 0.2) is 0 Å². The molecular weight excluding hydrogens is 356 g/mol. The Kier molecular flexibility index (Phi) is 5.99. The van der Waals surface area contributed by atoms with Crippen LogP contribution in [0.1, 0.15) is 11.1 Å². The molecule has 0 bridgehead atoms. The van der Waals surface area contributed by atoms with Gasteiger partial charge in [0.1, 0.15) is 5.41 Å². The first-order valence-electron chi connectivity index (χ1n) is 8.73. The Labute approximate surface area is 163 Å². The zero-order chi connectivity index (χ0) is 19.3. The smallest absolute Gasteiger partial charge is 0.316 e. The van der Waals surface area contributed by atoms with Gasteiger partial charge in [-0.1, -0.05) is 66.7 Å². The number of carboxylic acids is 1. The molecule has 1 atom stereocenters. The van der Waals surface area contributed by atoms with Gasteiger partial charge >= 0.3 is 5.97 Å². The SMILES string of the molecule is CSc1ccc(CC(CO)(C(=O)O)c2ccccc2-c2ccccc2)cc1. The fourth-order valence-corrected chi connectivity index (χ4v) is 3.76. The van der Waals surface area contributed by atoms with Gasteiger partial charge in [-0.25, -0.2) is 0 Å². The second-order valence-electron chi connectivity index (χ2n) is 6.48. The molecule has 27 heavy (non-hydrogen) atoms. The van der Waals surface area contributed by atoms with Crippen LogP contribution in [-0.4, -0.2) is 29.0 Å². The number of aliphatic hydroxyl groups excluding tert-OH is 1. The fourth-order valence-electron chi connectivity index (χ4n) is 3.36. The van der Waals surface area contributed by atoms with E-state index in [0.29, 0.717) is 5.56 Å². The van der Waals surface area contributed by atoms with Crippen LogP contribution in [-0.2, 0) is 16.6 Å². The van der Waals surface area contributed by atoms with Crippen molar-refractivity contribution in [3.8, 4) is 11.1 Å². The van der Waals surface area contributed by atoms with Crippen molar-refractivity contribution in [3.05, 3.63) is 90.0 Å². The van der Waals surface area contributed by atoms with Gasteiger partial charge in [-0.05, 0) is 47.1 Å². The Morgan fingerprint density at radius 3 is 2.15 bits per heavy atom. The van der Waals surface area contributed by atoms with Gasteiger partial charge in [0.05, 0.1) is 6.61 Å². The minimum atomic E-state index is -1.41. The largest absolute Gasteiger partial charge is 0.481 e. The molecule has 0 amide bonds. The molecule has 0 aliphatic heterocycles. The molecule has 0 spiro atoms. The van der Waals surface area contributed by atoms with Crippen LogP contribution in [0.4, 0.5) is 0 Å². The summed E-state index contributed by atoms with van der Waals surface area (Å²) in [4.78, 5) is 13.5. The Balaban J connectivity index is 2.11. The minimum Gasteiger partial charge on any atom is -0.481 e. The van der Waals surface area contributed by atoms with Crippen molar-refractivity contribution >= 4 is 17.7 Å². The van der Waals surface area contributed by atoms with Crippen molar-refractivity contribution in [2.75, 3.05) is 12.9 Å². The van der Waals surface area contributed by atoms with Crippen LogP contribution in [0.3, 0.4) is 0 Å². The number of carboxylic acid groups (broad SMARTS) is 1. The molecule has 0 aromatic heterocycles. The van der Waals surface area contributed by atoms with Gasteiger partial charge in [-0.3, -0.25) is 4.79 Å². The van der Waals surface area contributed by atoms with Crippen molar-refractivity contribution in [2.45, 2.75) is 16.7 Å². The van der Waals surface area contributed by atoms with Crippen molar-refractivity contribution < 1.29 is 15.0 Å². The van der Waals surface area contributed by atoms with Gasteiger partial charge in [0, 0.05) is 4.90 Å². The topological polar surface area (TPSA) is 57.5 Å². The van der Waals surface area contributed by atoms with Gasteiger partial charge in [-0.2, -0.15) is 0 Å². The van der Waals surface area contributed by atoms with E-state index in [1.54, 1.807) is 11.8 Å². The highest BCUT2D eigenvalue weighted by atomic mass is 32.2. The number of carbonyl (C=O) groups is 1. The maximum absolute atomic E-state index is 12.4. The third kappa shape index (κ3) is 3.92. The maximum Gasteiger partial charge on any atom is 0.316 e. The molecule has 0 radical (unpaired) electrons. The summed E-state index contributed by atoms with van der Waals surface area (Å²) in [5, 5.41) is 20.4. The van der Waals surface area contributed by atoms with Crippen molar-refractivity contribution in [1.29, 1.82) is 0 Å². The first-order chi connectivity index (χ1) is 13.1. The standard InChI is InChI=1S/C23H22O3S/c1-27-19-13-11-17(12-14-19)15-23(16-24,22(25)26)21-10-6-5-9-20(21)18-7-3-2-4-8-18/h2-14,24H,15-16H2,1H3,(H,25,26). The summed E-state index contributed by atoms with van der Waals surface area (Å²) in [5.74, 6) is -1.03. The van der Waals surface area contributed by atoms with Gasteiger partial charge in [0.2, 0.25) is 0 Å². The van der Waals surface area contributed by atoms with Gasteiger partial charge in [-0.15, -0.1) is 11.8 Å². The molecule has 0 saturated carbocycles. The molecule has 0 fully saturated rings. The fraction of sp³-hybridized carbons (Fsp3) is 0.174. The van der Waals surface area contributed by atoms with E-state index in [4.69, 9.17) is 0 Å². The van der Waals surface area contributed by atoms with Gasteiger partial charge < -0.3 is 10.2 Å². The Morgan fingerprint density at radius 2 is 1.56 bits per heavy atom. The minimum absolute atomic E-state index is 0.220. The second-order valence-corrected chi connectivity index (χ2v) is 7.36. The summed E-state index contributed by atoms with van der Waals surface area (Å²) in [6.45, 7) is -0.476. The van der Waals surface area contributed by atoms with Crippen LogP contribution in [0.25, 0.3) is 11.1 Å². The molecule has 4 heteroatoms. The second kappa shape index (κ2) is 8.42. The molecule has 138 valence electrons. The van der Waals surface area contributed by atoms with Crippen molar-refractivity contribution in [3.63, 3.8) is 0 Å². The molecule has 1 unspecified atom stereocenters. The Hall–Kier alpha value is -2.56. The monoisotopic (exact) mass is 378 g/mol. The number of hydrogen-bond donors (Lipinski definition) is 2. The highest BCUT2D eigenvalue weighted by Crippen LogP contribution is 2.36. The first-order valence-corrected chi connectivity index (χ1v) is 9.95. The third-order valence-corrected chi connectivity index (χ3v) is 5.62. The molecule has 0 aliphatic carbocycles. The number of aliphatic hydroxyl groups is 1. The van der Waals surface area contributed by atoms with Crippen LogP contribution < -0.4 is 0 Å². The summed E-state index contributed by atoms with van der Waals surface area (Å²) in [6, 6.07) is 25.0. The lowest BCUT2D eigenvalue weighted by molar-refractivity contribution is -0.145. The molecule has 3 aromatic rings. The van der Waals surface area contributed by atoms with Gasteiger partial charge in [0.25, 0.3) is 0 Å². The normalized spacial score (nSPS) is 13.1. The maximum atomic E-state index is 12.4. The summed E-state index contributed by atoms with van der Waals surface area (Å²) >= 11 is 1.64. The van der Waals surface area contributed by atoms with Crippen LogP contribution in [0, 0.1) is 0 Å². The summed E-state index contributed by atoms with van der Waals surface area (Å²) in [5.41, 5.74) is 1.86. The molecule has 0 heterocycles. The lowest BCUT2D eigenvalue weighted by Gasteiger charge is -2.30. The zero-order valence-electron chi connectivity index (χ0n) is 15.1. The molecule has 2 N–H and O–H groups in total. The molecule has 3 rings (SSSR count). The van der Waals surface area contributed by atoms with E-state index < -0.39 is 18.0 Å². The number of rotatable bonds is 7. The summed E-state index contributed by atoms with van der Waals surface area (Å²) in [7, 11) is 0. The van der Waals surface area contributed by atoms with Crippen molar-refractivity contribution in [1.82, 2.24) is 0 Å². The predicted octanol–water partition coefficient (Wildman–Crippen LogP) is 4.63. The van der Waals surface area contributed by atoms with E-state index >= 15 is 0 Å². The molecular formula is C23H22O3S. The number of aliphatic carboxylic acids is 1. The Bertz CT molecular complexity index is 906.